The van der Waals surface area contributed by atoms with E-state index in [-0.39, 0.29) is 31.3 Å². The minimum absolute atomic E-state index is 0. The predicted molar refractivity (Wildman–Crippen MR) is 14.0 cm³/mol. The fourth-order valence-corrected chi connectivity index (χ4v) is 0. The van der Waals surface area contributed by atoms with Gasteiger partial charge in [0.05, 0.1) is 5.09 Å². The van der Waals surface area contributed by atoms with E-state index in [0.29, 0.717) is 0 Å². The Balaban J connectivity index is -0.0000000450. The summed E-state index contributed by atoms with van der Waals surface area (Å²) < 4.78 is 0. The molecule has 6 heteroatoms. The molecule has 0 atom stereocenters. The Hall–Kier alpha value is 0.0301. The van der Waals surface area contributed by atoms with Crippen molar-refractivity contribution in [2.75, 3.05) is 0 Å². The summed E-state index contributed by atoms with van der Waals surface area (Å²) in [5.74, 6) is 0. The first-order valence-electron chi connectivity index (χ1n) is 0.548. The summed E-state index contributed by atoms with van der Waals surface area (Å²) >= 11 is 0. The van der Waals surface area contributed by atoms with Crippen LogP contribution < -0.4 is 0 Å². The molecule has 0 aromatic rings. The van der Waals surface area contributed by atoms with Crippen LogP contribution in [0.5, 0.6) is 0 Å². The van der Waals surface area contributed by atoms with Gasteiger partial charge in [-0.05, 0) is 0 Å². The zero-order valence-corrected chi connectivity index (χ0v) is 6.26. The standard InChI is InChI=1S/Hf.NO3.H2O/c;2-1(3)4;/h;;1H2/q;-1;. The van der Waals surface area contributed by atoms with Crippen molar-refractivity contribution in [2.45, 2.75) is 0 Å². The SMILES string of the molecule is O.O=[N+]([O-])[O-].[Hf]. The molecule has 0 aromatic carbocycles. The van der Waals surface area contributed by atoms with E-state index in [1.165, 1.54) is 0 Å². The average molecular weight is 259 g/mol. The molecule has 0 bridgehead atoms. The summed E-state index contributed by atoms with van der Waals surface area (Å²) in [6.45, 7) is 0. The van der Waals surface area contributed by atoms with Crippen LogP contribution in [0.1, 0.15) is 0 Å². The van der Waals surface area contributed by atoms with Gasteiger partial charge in [0.15, 0.2) is 0 Å². The average Bonchev–Trinajstić information content (AvgIpc) is 0.811. The van der Waals surface area contributed by atoms with E-state index in [9.17, 15) is 0 Å². The Labute approximate surface area is 52.2 Å². The van der Waals surface area contributed by atoms with Crippen LogP contribution in [0.25, 0.3) is 0 Å². The molecule has 0 radical (unpaired) electrons. The molecule has 2 N–H and O–H groups in total. The van der Waals surface area contributed by atoms with Crippen molar-refractivity contribution in [1.82, 2.24) is 0 Å². The summed E-state index contributed by atoms with van der Waals surface area (Å²) in [4.78, 5) is 8.25. The monoisotopic (exact) mass is 260 g/mol. The van der Waals surface area contributed by atoms with Gasteiger partial charge in [0.1, 0.15) is 0 Å². The number of hydrogen-bond donors (Lipinski definition) is 0. The minimum Gasteiger partial charge on any atom is -0.412 e. The first kappa shape index (κ1) is 16.6. The third kappa shape index (κ3) is 40800. The fourth-order valence-electron chi connectivity index (χ4n) is 0. The van der Waals surface area contributed by atoms with Crippen LogP contribution in [0.4, 0.5) is 0 Å². The van der Waals surface area contributed by atoms with Gasteiger partial charge in [-0.25, -0.2) is 0 Å². The molecule has 0 saturated heterocycles. The molecule has 0 rings (SSSR count). The number of nitrogens with zero attached hydrogens (tertiary/aromatic N) is 1. The van der Waals surface area contributed by atoms with E-state index in [0.717, 1.165) is 0 Å². The third-order valence-corrected chi connectivity index (χ3v) is 0. The Morgan fingerprint density at radius 1 is 1.33 bits per heavy atom. The molecule has 0 aliphatic carbocycles. The number of rotatable bonds is 0. The van der Waals surface area contributed by atoms with Crippen molar-refractivity contribution >= 4 is 0 Å². The molecule has 0 spiro atoms. The van der Waals surface area contributed by atoms with E-state index < -0.39 is 5.09 Å². The zero-order chi connectivity index (χ0) is 3.58. The molecule has 0 saturated carbocycles. The molecule has 0 unspecified atom stereocenters. The van der Waals surface area contributed by atoms with Crippen molar-refractivity contribution in [1.29, 1.82) is 0 Å². The van der Waals surface area contributed by atoms with Gasteiger partial charge in [0, 0.05) is 25.8 Å². The van der Waals surface area contributed by atoms with Gasteiger partial charge in [0.2, 0.25) is 0 Å². The first-order chi connectivity index (χ1) is 1.73. The number of hydrogen-bond acceptors (Lipinski definition) is 3. The zero-order valence-electron chi connectivity index (χ0n) is 2.67. The Morgan fingerprint density at radius 2 is 1.33 bits per heavy atom. The first-order valence-corrected chi connectivity index (χ1v) is 0.548. The maximum absolute atomic E-state index is 8.25. The smallest absolute Gasteiger partial charge is 0.0689 e. The summed E-state index contributed by atoms with van der Waals surface area (Å²) in [5.41, 5.74) is 0. The van der Waals surface area contributed by atoms with E-state index in [1.54, 1.807) is 0 Å². The van der Waals surface area contributed by atoms with Crippen LogP contribution in [0, 0.1) is 15.3 Å². The van der Waals surface area contributed by atoms with Crippen molar-refractivity contribution in [3.63, 3.8) is 0 Å². The van der Waals surface area contributed by atoms with Crippen molar-refractivity contribution < 1.29 is 36.4 Å². The van der Waals surface area contributed by atoms with E-state index in [1.807, 2.05) is 0 Å². The Bertz CT molecular complexity index is 30.5. The molecular formula is H2HfNO4-. The second-order valence-electron chi connectivity index (χ2n) is 0.224. The van der Waals surface area contributed by atoms with Gasteiger partial charge in [-0.2, -0.15) is 0 Å². The van der Waals surface area contributed by atoms with Crippen LogP contribution >= 0.6 is 0 Å². The summed E-state index contributed by atoms with van der Waals surface area (Å²) in [7, 11) is 0. The molecule has 5 nitrogen and oxygen atoms in total. The minimum atomic E-state index is -1.75. The predicted octanol–water partition coefficient (Wildman–Crippen LogP) is -1.07. The maximum atomic E-state index is 8.25. The molecular weight excluding hydrogens is 256 g/mol. The Kier molecular flexibility index (Phi) is 24.6. The van der Waals surface area contributed by atoms with Gasteiger partial charge in [-0.1, -0.05) is 0 Å². The fraction of sp³-hybridized carbons (Fsp3) is 0. The van der Waals surface area contributed by atoms with E-state index in [4.69, 9.17) is 15.3 Å². The summed E-state index contributed by atoms with van der Waals surface area (Å²) in [6.07, 6.45) is 0. The molecule has 0 aliphatic heterocycles. The van der Waals surface area contributed by atoms with Gasteiger partial charge in [0.25, 0.3) is 0 Å². The van der Waals surface area contributed by atoms with Crippen LogP contribution in [0.2, 0.25) is 0 Å². The normalized spacial score (nSPS) is 4.00. The summed E-state index contributed by atoms with van der Waals surface area (Å²) in [5, 5.41) is 14.8. The van der Waals surface area contributed by atoms with Crippen molar-refractivity contribution in [3.05, 3.63) is 15.3 Å². The molecule has 36 valence electrons. The molecule has 0 amide bonds. The molecule has 0 aromatic heterocycles. The van der Waals surface area contributed by atoms with Crippen LogP contribution in [0.3, 0.4) is 0 Å². The second kappa shape index (κ2) is 8.90. The van der Waals surface area contributed by atoms with E-state index in [2.05, 4.69) is 0 Å². The van der Waals surface area contributed by atoms with Gasteiger partial charge < -0.3 is 20.8 Å². The van der Waals surface area contributed by atoms with Gasteiger partial charge >= 0.3 is 0 Å². The maximum Gasteiger partial charge on any atom is 0.0689 e. The van der Waals surface area contributed by atoms with Gasteiger partial charge in [-0.15, -0.1) is 0 Å². The molecule has 0 heterocycles. The van der Waals surface area contributed by atoms with Crippen molar-refractivity contribution in [2.24, 2.45) is 0 Å². The molecule has 0 aliphatic rings. The molecule has 6 heavy (non-hydrogen) atoms. The van der Waals surface area contributed by atoms with E-state index >= 15 is 0 Å². The Morgan fingerprint density at radius 3 is 1.33 bits per heavy atom. The van der Waals surface area contributed by atoms with Crippen molar-refractivity contribution in [3.8, 4) is 0 Å². The topological polar surface area (TPSA) is 97.7 Å². The van der Waals surface area contributed by atoms with Crippen LogP contribution in [0.15, 0.2) is 0 Å². The quantitative estimate of drug-likeness (QED) is 0.314. The molecule has 0 fully saturated rings. The van der Waals surface area contributed by atoms with Crippen LogP contribution in [-0.4, -0.2) is 10.6 Å². The van der Waals surface area contributed by atoms with Gasteiger partial charge in [-0.3, -0.25) is 0 Å². The third-order valence-electron chi connectivity index (χ3n) is 0. The second-order valence-corrected chi connectivity index (χ2v) is 0.224. The largest absolute Gasteiger partial charge is 0.412 e. The van der Waals surface area contributed by atoms with Crippen LogP contribution in [-0.2, 0) is 25.8 Å². The summed E-state index contributed by atoms with van der Waals surface area (Å²) in [6, 6.07) is 0.